The Morgan fingerprint density at radius 1 is 1.28 bits per heavy atom. The summed E-state index contributed by atoms with van der Waals surface area (Å²) in [5.74, 6) is -0.629. The van der Waals surface area contributed by atoms with Crippen LogP contribution in [-0.4, -0.2) is 37.4 Å². The Hall–Kier alpha value is -2.60. The lowest BCUT2D eigenvalue weighted by atomic mass is 9.99. The number of rotatable bonds is 9. The second-order valence-corrected chi connectivity index (χ2v) is 7.24. The van der Waals surface area contributed by atoms with Crippen molar-refractivity contribution in [3.63, 3.8) is 0 Å². The van der Waals surface area contributed by atoms with E-state index < -0.39 is 0 Å². The number of hydrogen-bond donors (Lipinski definition) is 2. The number of carbonyl (C=O) groups excluding carboxylic acids is 1. The molecule has 0 saturated carbocycles. The topological polar surface area (TPSA) is 61.8 Å². The minimum absolute atomic E-state index is 0.143. The summed E-state index contributed by atoms with van der Waals surface area (Å²) in [6, 6.07) is 11.4. The van der Waals surface area contributed by atoms with Crippen molar-refractivity contribution in [1.29, 1.82) is 0 Å². The summed E-state index contributed by atoms with van der Waals surface area (Å²) in [4.78, 5) is 13.7. The van der Waals surface area contributed by atoms with Crippen molar-refractivity contribution in [2.24, 2.45) is 0 Å². The lowest BCUT2D eigenvalue weighted by Gasteiger charge is -2.31. The van der Waals surface area contributed by atoms with E-state index in [9.17, 15) is 14.3 Å². The van der Waals surface area contributed by atoms with Crippen molar-refractivity contribution in [1.82, 2.24) is 0 Å². The molecule has 0 aromatic heterocycles. The van der Waals surface area contributed by atoms with Gasteiger partial charge in [-0.05, 0) is 61.1 Å². The standard InChI is InChI=1S/C23H29FN2O3/c1-2-29-23(28)10-8-18-7-9-20(15-21(18)24)25-16-17-5-6-19-4-3-11-26(12-13-27)22(19)14-17/h5-7,9,14-15,25,27H,2-4,8,10-13,16H2,1H3. The van der Waals surface area contributed by atoms with Gasteiger partial charge in [0.2, 0.25) is 0 Å². The van der Waals surface area contributed by atoms with Gasteiger partial charge in [-0.25, -0.2) is 4.39 Å². The van der Waals surface area contributed by atoms with Crippen molar-refractivity contribution in [3.8, 4) is 0 Å². The number of carbonyl (C=O) groups is 1. The van der Waals surface area contributed by atoms with Crippen LogP contribution in [0, 0.1) is 5.82 Å². The molecule has 2 aromatic carbocycles. The number of esters is 1. The molecule has 5 nitrogen and oxygen atoms in total. The number of aryl methyl sites for hydroxylation is 2. The third kappa shape index (κ3) is 5.70. The van der Waals surface area contributed by atoms with E-state index in [4.69, 9.17) is 4.74 Å². The molecule has 2 N–H and O–H groups in total. The van der Waals surface area contributed by atoms with Gasteiger partial charge >= 0.3 is 5.97 Å². The van der Waals surface area contributed by atoms with Crippen LogP contribution < -0.4 is 10.2 Å². The van der Waals surface area contributed by atoms with Crippen LogP contribution in [-0.2, 0) is 28.9 Å². The number of benzene rings is 2. The zero-order valence-electron chi connectivity index (χ0n) is 16.9. The Kier molecular flexibility index (Phi) is 7.47. The number of ether oxygens (including phenoxy) is 1. The molecule has 1 heterocycles. The zero-order valence-corrected chi connectivity index (χ0v) is 16.9. The highest BCUT2D eigenvalue weighted by molar-refractivity contribution is 5.69. The first-order valence-electron chi connectivity index (χ1n) is 10.3. The quantitative estimate of drug-likeness (QED) is 0.629. The molecule has 1 aliphatic rings. The first kappa shape index (κ1) is 21.1. The van der Waals surface area contributed by atoms with Gasteiger partial charge in [0.25, 0.3) is 0 Å². The molecular formula is C23H29FN2O3. The minimum atomic E-state index is -0.320. The SMILES string of the molecule is CCOC(=O)CCc1ccc(NCc2ccc3c(c2)N(CCO)CCC3)cc1F. The number of β-amino-alcohol motifs (C(OH)–C–C–N with tert-alkyl or cyclic N) is 1. The number of fused-ring (bicyclic) bond motifs is 1. The monoisotopic (exact) mass is 400 g/mol. The Morgan fingerprint density at radius 3 is 2.90 bits per heavy atom. The van der Waals surface area contributed by atoms with Gasteiger partial charge in [-0.1, -0.05) is 18.2 Å². The summed E-state index contributed by atoms with van der Waals surface area (Å²) >= 11 is 0. The van der Waals surface area contributed by atoms with Crippen LogP contribution >= 0.6 is 0 Å². The largest absolute Gasteiger partial charge is 0.466 e. The zero-order chi connectivity index (χ0) is 20.6. The molecule has 1 aliphatic heterocycles. The molecule has 0 saturated heterocycles. The number of halogens is 1. The maximum atomic E-state index is 14.4. The van der Waals surface area contributed by atoms with Crippen LogP contribution in [0.2, 0.25) is 0 Å². The van der Waals surface area contributed by atoms with E-state index in [1.807, 2.05) is 6.07 Å². The van der Waals surface area contributed by atoms with E-state index >= 15 is 0 Å². The lowest BCUT2D eigenvalue weighted by molar-refractivity contribution is -0.143. The van der Waals surface area contributed by atoms with E-state index in [2.05, 4.69) is 28.4 Å². The van der Waals surface area contributed by atoms with Crippen LogP contribution in [0.5, 0.6) is 0 Å². The molecule has 29 heavy (non-hydrogen) atoms. The molecule has 3 rings (SSSR count). The summed E-state index contributed by atoms with van der Waals surface area (Å²) in [5.41, 5.74) is 4.82. The van der Waals surface area contributed by atoms with Crippen LogP contribution in [0.4, 0.5) is 15.8 Å². The molecule has 6 heteroatoms. The average Bonchev–Trinajstić information content (AvgIpc) is 2.72. The van der Waals surface area contributed by atoms with E-state index in [0.29, 0.717) is 37.4 Å². The molecule has 156 valence electrons. The molecule has 0 unspecified atom stereocenters. The molecule has 0 aliphatic carbocycles. The smallest absolute Gasteiger partial charge is 0.306 e. The second-order valence-electron chi connectivity index (χ2n) is 7.24. The van der Waals surface area contributed by atoms with E-state index in [-0.39, 0.29) is 24.8 Å². The van der Waals surface area contributed by atoms with E-state index in [0.717, 1.165) is 24.9 Å². The molecular weight excluding hydrogens is 371 g/mol. The van der Waals surface area contributed by atoms with Crippen LogP contribution in [0.1, 0.15) is 36.5 Å². The summed E-state index contributed by atoms with van der Waals surface area (Å²) in [6.45, 7) is 4.42. The minimum Gasteiger partial charge on any atom is -0.466 e. The number of anilines is 2. The predicted molar refractivity (Wildman–Crippen MR) is 113 cm³/mol. The Bertz CT molecular complexity index is 841. The highest BCUT2D eigenvalue weighted by Crippen LogP contribution is 2.28. The highest BCUT2D eigenvalue weighted by atomic mass is 19.1. The summed E-state index contributed by atoms with van der Waals surface area (Å²) in [7, 11) is 0. The third-order valence-electron chi connectivity index (χ3n) is 5.19. The van der Waals surface area contributed by atoms with Crippen molar-refractivity contribution in [2.45, 2.75) is 39.2 Å². The molecule has 0 spiro atoms. The van der Waals surface area contributed by atoms with Crippen molar-refractivity contribution in [2.75, 3.05) is 36.5 Å². The summed E-state index contributed by atoms with van der Waals surface area (Å²) in [5, 5.41) is 12.6. The number of aliphatic hydroxyl groups excluding tert-OH is 1. The number of aliphatic hydroxyl groups is 1. The maximum absolute atomic E-state index is 14.4. The fourth-order valence-electron chi connectivity index (χ4n) is 3.69. The van der Waals surface area contributed by atoms with Crippen LogP contribution in [0.3, 0.4) is 0 Å². The average molecular weight is 400 g/mol. The fourth-order valence-corrected chi connectivity index (χ4v) is 3.69. The third-order valence-corrected chi connectivity index (χ3v) is 5.19. The molecule has 0 bridgehead atoms. The van der Waals surface area contributed by atoms with Crippen molar-refractivity contribution >= 4 is 17.3 Å². The lowest BCUT2D eigenvalue weighted by Crippen LogP contribution is -2.32. The van der Waals surface area contributed by atoms with Gasteiger partial charge in [-0.2, -0.15) is 0 Å². The van der Waals surface area contributed by atoms with Crippen LogP contribution in [0.15, 0.2) is 36.4 Å². The van der Waals surface area contributed by atoms with Gasteiger partial charge in [-0.3, -0.25) is 4.79 Å². The van der Waals surface area contributed by atoms with Crippen LogP contribution in [0.25, 0.3) is 0 Å². The second kappa shape index (κ2) is 10.3. The van der Waals surface area contributed by atoms with E-state index in [1.54, 1.807) is 13.0 Å². The van der Waals surface area contributed by atoms with Crippen molar-refractivity contribution < 1.29 is 19.0 Å². The van der Waals surface area contributed by atoms with Gasteiger partial charge in [0.15, 0.2) is 0 Å². The highest BCUT2D eigenvalue weighted by Gasteiger charge is 2.16. The Balaban J connectivity index is 1.61. The Morgan fingerprint density at radius 2 is 2.14 bits per heavy atom. The normalized spacial score (nSPS) is 13.1. The summed E-state index contributed by atoms with van der Waals surface area (Å²) < 4.78 is 19.2. The van der Waals surface area contributed by atoms with E-state index in [1.165, 1.54) is 17.3 Å². The Labute approximate surface area is 171 Å². The number of hydrogen-bond acceptors (Lipinski definition) is 5. The first-order chi connectivity index (χ1) is 14.1. The molecule has 0 amide bonds. The van der Waals surface area contributed by atoms with Gasteiger partial charge in [0.05, 0.1) is 13.2 Å². The molecule has 0 atom stereocenters. The van der Waals surface area contributed by atoms with Gasteiger partial charge < -0.3 is 20.1 Å². The number of nitrogens with zero attached hydrogens (tertiary/aromatic N) is 1. The summed E-state index contributed by atoms with van der Waals surface area (Å²) in [6.07, 6.45) is 2.67. The molecule has 0 radical (unpaired) electrons. The van der Waals surface area contributed by atoms with Gasteiger partial charge in [-0.15, -0.1) is 0 Å². The van der Waals surface area contributed by atoms with Crippen molar-refractivity contribution in [3.05, 3.63) is 58.9 Å². The van der Waals surface area contributed by atoms with Gasteiger partial charge in [0.1, 0.15) is 5.82 Å². The molecule has 2 aromatic rings. The number of nitrogens with one attached hydrogen (secondary N) is 1. The molecule has 0 fully saturated rings. The predicted octanol–water partition coefficient (Wildman–Crippen LogP) is 3.68. The maximum Gasteiger partial charge on any atom is 0.306 e. The fraction of sp³-hybridized carbons (Fsp3) is 0.435. The van der Waals surface area contributed by atoms with Gasteiger partial charge in [0, 0.05) is 37.4 Å². The first-order valence-corrected chi connectivity index (χ1v) is 10.3.